The molecular weight excluding hydrogens is 362 g/mol. The number of esters is 1. The van der Waals surface area contributed by atoms with Crippen molar-refractivity contribution < 1.29 is 14.3 Å². The van der Waals surface area contributed by atoms with E-state index in [1.807, 2.05) is 18.4 Å². The zero-order chi connectivity index (χ0) is 18.2. The molecule has 0 spiro atoms. The van der Waals surface area contributed by atoms with Crippen molar-refractivity contribution in [1.29, 1.82) is 0 Å². The van der Waals surface area contributed by atoms with E-state index in [-0.39, 0.29) is 11.2 Å². The minimum absolute atomic E-state index is 0.223. The van der Waals surface area contributed by atoms with Crippen LogP contribution in [0.2, 0.25) is 5.02 Å². The number of benzene rings is 1. The van der Waals surface area contributed by atoms with Crippen LogP contribution >= 0.6 is 23.4 Å². The van der Waals surface area contributed by atoms with Crippen molar-refractivity contribution in [2.24, 2.45) is 0 Å². The van der Waals surface area contributed by atoms with E-state index < -0.39 is 0 Å². The van der Waals surface area contributed by atoms with Crippen molar-refractivity contribution in [3.05, 3.63) is 35.1 Å². The molecule has 0 aliphatic heterocycles. The molecule has 0 radical (unpaired) electrons. The maximum Gasteiger partial charge on any atom is 0.319 e. The molecule has 0 saturated heterocycles. The zero-order valence-electron chi connectivity index (χ0n) is 14.6. The third-order valence-electron chi connectivity index (χ3n) is 3.46. The Morgan fingerprint density at radius 1 is 1.24 bits per heavy atom. The van der Waals surface area contributed by atoms with Crippen molar-refractivity contribution in [3.8, 4) is 5.75 Å². The topological polar surface area (TPSA) is 66.2 Å². The van der Waals surface area contributed by atoms with Crippen LogP contribution in [0.3, 0.4) is 0 Å². The number of carbonyl (C=O) groups excluding carboxylic acids is 1. The third-order valence-corrected chi connectivity index (χ3v) is 5.03. The van der Waals surface area contributed by atoms with Gasteiger partial charge in [0, 0.05) is 11.6 Å². The van der Waals surface area contributed by atoms with E-state index in [1.54, 1.807) is 31.2 Å². The quantitative estimate of drug-likeness (QED) is 0.482. The van der Waals surface area contributed by atoms with E-state index in [1.165, 1.54) is 11.8 Å². The maximum absolute atomic E-state index is 12.0. The highest BCUT2D eigenvalue weighted by Crippen LogP contribution is 2.26. The van der Waals surface area contributed by atoms with Gasteiger partial charge in [0.15, 0.2) is 11.0 Å². The lowest BCUT2D eigenvalue weighted by Gasteiger charge is -2.13. The second-order valence-electron chi connectivity index (χ2n) is 5.15. The Balaban J connectivity index is 2.06. The molecular formula is C17H22ClN3O3S. The minimum atomic E-state index is -0.292. The number of hydrogen-bond acceptors (Lipinski definition) is 6. The fraction of sp³-hybridized carbons (Fsp3) is 0.471. The molecule has 0 amide bonds. The highest BCUT2D eigenvalue weighted by molar-refractivity contribution is 8.00. The monoisotopic (exact) mass is 383 g/mol. The van der Waals surface area contributed by atoms with Crippen LogP contribution in [0, 0.1) is 0 Å². The fourth-order valence-corrected chi connectivity index (χ4v) is 3.33. The van der Waals surface area contributed by atoms with Crippen LogP contribution in [-0.4, -0.2) is 32.6 Å². The molecule has 6 nitrogen and oxygen atoms in total. The van der Waals surface area contributed by atoms with E-state index in [9.17, 15) is 4.79 Å². The molecule has 0 fully saturated rings. The zero-order valence-corrected chi connectivity index (χ0v) is 16.1. The molecule has 0 bridgehead atoms. The van der Waals surface area contributed by atoms with Gasteiger partial charge in [0.2, 0.25) is 0 Å². The average Bonchev–Trinajstić information content (AvgIpc) is 3.00. The van der Waals surface area contributed by atoms with Crippen molar-refractivity contribution in [1.82, 2.24) is 14.8 Å². The Kier molecular flexibility index (Phi) is 7.58. The molecule has 0 aliphatic carbocycles. The predicted molar refractivity (Wildman–Crippen MR) is 98.0 cm³/mol. The molecule has 8 heteroatoms. The van der Waals surface area contributed by atoms with Crippen LogP contribution in [0.1, 0.15) is 33.0 Å². The second-order valence-corrected chi connectivity index (χ2v) is 6.76. The SMILES string of the molecule is CCOC(=O)C(CC)Sc1nnc(COc2ccc(Cl)cc2)n1CC. The summed E-state index contributed by atoms with van der Waals surface area (Å²) in [5, 5.41) is 9.47. The number of thioether (sulfide) groups is 1. The molecule has 0 aliphatic rings. The normalized spacial score (nSPS) is 12.0. The van der Waals surface area contributed by atoms with Crippen molar-refractivity contribution >= 4 is 29.3 Å². The number of aromatic nitrogens is 3. The average molecular weight is 384 g/mol. The summed E-state index contributed by atoms with van der Waals surface area (Å²) in [7, 11) is 0. The summed E-state index contributed by atoms with van der Waals surface area (Å²) in [6.07, 6.45) is 0.663. The van der Waals surface area contributed by atoms with Crippen LogP contribution in [0.15, 0.2) is 29.4 Å². The van der Waals surface area contributed by atoms with Gasteiger partial charge in [-0.3, -0.25) is 4.79 Å². The van der Waals surface area contributed by atoms with Gasteiger partial charge in [-0.25, -0.2) is 0 Å². The van der Waals surface area contributed by atoms with Gasteiger partial charge in [-0.15, -0.1) is 10.2 Å². The molecule has 2 aromatic rings. The van der Waals surface area contributed by atoms with Gasteiger partial charge in [-0.1, -0.05) is 30.3 Å². The Morgan fingerprint density at radius 2 is 1.96 bits per heavy atom. The summed E-state index contributed by atoms with van der Waals surface area (Å²) >= 11 is 7.24. The van der Waals surface area contributed by atoms with Gasteiger partial charge in [-0.2, -0.15) is 0 Å². The van der Waals surface area contributed by atoms with E-state index in [0.29, 0.717) is 47.9 Å². The lowest BCUT2D eigenvalue weighted by Crippen LogP contribution is -2.20. The molecule has 1 aromatic heterocycles. The predicted octanol–water partition coefficient (Wildman–Crippen LogP) is 3.96. The van der Waals surface area contributed by atoms with Crippen LogP contribution in [0.4, 0.5) is 0 Å². The van der Waals surface area contributed by atoms with E-state index in [2.05, 4.69) is 10.2 Å². The Morgan fingerprint density at radius 3 is 2.56 bits per heavy atom. The minimum Gasteiger partial charge on any atom is -0.486 e. The second kappa shape index (κ2) is 9.68. The molecule has 136 valence electrons. The van der Waals surface area contributed by atoms with Crippen molar-refractivity contribution in [2.45, 2.75) is 50.8 Å². The molecule has 0 N–H and O–H groups in total. The first-order chi connectivity index (χ1) is 12.1. The molecule has 1 aromatic carbocycles. The first kappa shape index (κ1) is 19.6. The summed E-state index contributed by atoms with van der Waals surface area (Å²) in [5.74, 6) is 1.19. The number of rotatable bonds is 9. The highest BCUT2D eigenvalue weighted by atomic mass is 35.5. The summed E-state index contributed by atoms with van der Waals surface area (Å²) < 4.78 is 12.8. The van der Waals surface area contributed by atoms with Crippen LogP contribution in [-0.2, 0) is 22.7 Å². The number of ether oxygens (including phenoxy) is 2. The third kappa shape index (κ3) is 5.37. The first-order valence-electron chi connectivity index (χ1n) is 8.22. The first-order valence-corrected chi connectivity index (χ1v) is 9.48. The van der Waals surface area contributed by atoms with E-state index in [0.717, 1.165) is 0 Å². The maximum atomic E-state index is 12.0. The summed E-state index contributed by atoms with van der Waals surface area (Å²) in [6, 6.07) is 7.15. The van der Waals surface area contributed by atoms with Gasteiger partial charge in [0.1, 0.15) is 17.6 Å². The number of carbonyl (C=O) groups is 1. The van der Waals surface area contributed by atoms with Crippen molar-refractivity contribution in [3.63, 3.8) is 0 Å². The Bertz CT molecular complexity index is 691. The largest absolute Gasteiger partial charge is 0.486 e. The van der Waals surface area contributed by atoms with Gasteiger partial charge in [0.25, 0.3) is 0 Å². The number of hydrogen-bond donors (Lipinski definition) is 0. The molecule has 0 saturated carbocycles. The van der Waals surface area contributed by atoms with Gasteiger partial charge < -0.3 is 14.0 Å². The highest BCUT2D eigenvalue weighted by Gasteiger charge is 2.23. The lowest BCUT2D eigenvalue weighted by atomic mass is 10.3. The lowest BCUT2D eigenvalue weighted by molar-refractivity contribution is -0.142. The smallest absolute Gasteiger partial charge is 0.319 e. The molecule has 2 rings (SSSR count). The molecule has 25 heavy (non-hydrogen) atoms. The van der Waals surface area contributed by atoms with Gasteiger partial charge in [-0.05, 0) is 44.5 Å². The number of nitrogens with zero attached hydrogens (tertiary/aromatic N) is 3. The Hall–Kier alpha value is -1.73. The van der Waals surface area contributed by atoms with Crippen LogP contribution in [0.25, 0.3) is 0 Å². The molecule has 1 unspecified atom stereocenters. The molecule has 1 heterocycles. The standard InChI is InChI=1S/C17H22ClN3O3S/c1-4-14(16(22)23-6-3)25-17-20-19-15(21(17)5-2)11-24-13-9-7-12(18)8-10-13/h7-10,14H,4-6,11H2,1-3H3. The van der Waals surface area contributed by atoms with Gasteiger partial charge in [0.05, 0.1) is 6.61 Å². The van der Waals surface area contributed by atoms with E-state index >= 15 is 0 Å². The van der Waals surface area contributed by atoms with Gasteiger partial charge >= 0.3 is 5.97 Å². The van der Waals surface area contributed by atoms with Crippen LogP contribution < -0.4 is 4.74 Å². The fourth-order valence-electron chi connectivity index (χ4n) is 2.17. The summed E-state index contributed by atoms with van der Waals surface area (Å²) in [5.41, 5.74) is 0. The van der Waals surface area contributed by atoms with Crippen LogP contribution in [0.5, 0.6) is 5.75 Å². The Labute approximate surface area is 156 Å². The summed E-state index contributed by atoms with van der Waals surface area (Å²) in [4.78, 5) is 12.0. The molecule has 1 atom stereocenters. The summed E-state index contributed by atoms with van der Waals surface area (Å²) in [6.45, 7) is 7.11. The number of halogens is 1. The van der Waals surface area contributed by atoms with Crippen molar-refractivity contribution in [2.75, 3.05) is 6.61 Å². The van der Waals surface area contributed by atoms with E-state index in [4.69, 9.17) is 21.1 Å².